The largest absolute Gasteiger partial charge is 0.379 e. The Hall–Kier alpha value is -2.26. The van der Waals surface area contributed by atoms with Crippen molar-refractivity contribution in [1.82, 2.24) is 19.8 Å². The normalized spacial score (nSPS) is 22.0. The van der Waals surface area contributed by atoms with Gasteiger partial charge in [-0.25, -0.2) is 9.97 Å². The zero-order valence-electron chi connectivity index (χ0n) is 24.0. The quantitative estimate of drug-likeness (QED) is 0.506. The summed E-state index contributed by atoms with van der Waals surface area (Å²) in [6, 6.07) is 9.53. The summed E-state index contributed by atoms with van der Waals surface area (Å²) in [5, 5.41) is 3.68. The second-order valence-corrected chi connectivity index (χ2v) is 12.1. The third-order valence-electron chi connectivity index (χ3n) is 9.20. The minimum atomic E-state index is -0.0196. The Morgan fingerprint density at radius 1 is 0.949 bits per heavy atom. The number of hydrogen-bond acceptors (Lipinski definition) is 8. The Balaban J connectivity index is 1.18. The van der Waals surface area contributed by atoms with Gasteiger partial charge in [-0.2, -0.15) is 0 Å². The molecule has 0 unspecified atom stereocenters. The molecule has 1 aliphatic carbocycles. The number of morpholine rings is 1. The third kappa shape index (κ3) is 6.24. The van der Waals surface area contributed by atoms with Crippen LogP contribution in [0.25, 0.3) is 11.4 Å². The summed E-state index contributed by atoms with van der Waals surface area (Å²) in [5.41, 5.74) is 4.69. The highest BCUT2D eigenvalue weighted by Crippen LogP contribution is 2.42. The lowest BCUT2D eigenvalue weighted by molar-refractivity contribution is -0.0633. The summed E-state index contributed by atoms with van der Waals surface area (Å²) < 4.78 is 12.0. The molecule has 0 radical (unpaired) electrons. The Morgan fingerprint density at radius 2 is 1.69 bits per heavy atom. The highest BCUT2D eigenvalue weighted by Gasteiger charge is 2.40. The molecule has 3 aliphatic heterocycles. The average Bonchev–Trinajstić information content (AvgIpc) is 3.43. The molecule has 8 nitrogen and oxygen atoms in total. The van der Waals surface area contributed by atoms with Crippen molar-refractivity contribution in [2.45, 2.75) is 70.6 Å². The number of piperazine rings is 1. The standard InChI is InChI=1S/C31H46N6O2/c1-24(2)36-14-16-37(17-15-36)26-8-6-25(7-9-26)29-33-28-22-31(10-3-4-11-31)39-23-27(28)30(34-29)32-12-5-13-35-18-20-38-21-19-35/h6-9,24H,3-5,10-23H2,1-2H3,(H,32,33,34). The van der Waals surface area contributed by atoms with Crippen molar-refractivity contribution in [1.29, 1.82) is 0 Å². The second kappa shape index (κ2) is 12.1. The van der Waals surface area contributed by atoms with Crippen LogP contribution in [0, 0.1) is 0 Å². The number of rotatable bonds is 8. The molecule has 212 valence electrons. The molecular weight excluding hydrogens is 488 g/mol. The minimum absolute atomic E-state index is 0.0196. The van der Waals surface area contributed by atoms with Gasteiger partial charge >= 0.3 is 0 Å². The van der Waals surface area contributed by atoms with Crippen molar-refractivity contribution in [2.24, 2.45) is 0 Å². The van der Waals surface area contributed by atoms with E-state index in [9.17, 15) is 0 Å². The van der Waals surface area contributed by atoms with Crippen molar-refractivity contribution in [3.63, 3.8) is 0 Å². The van der Waals surface area contributed by atoms with E-state index in [4.69, 9.17) is 19.4 Å². The Kier molecular flexibility index (Phi) is 8.35. The SMILES string of the molecule is CC(C)N1CCN(c2ccc(-c3nc4c(c(NCCCN5CCOCC5)n3)COC3(CCCC3)C4)cc2)CC1. The van der Waals surface area contributed by atoms with E-state index >= 15 is 0 Å². The summed E-state index contributed by atoms with van der Waals surface area (Å²) in [4.78, 5) is 17.8. The van der Waals surface area contributed by atoms with Crippen LogP contribution < -0.4 is 10.2 Å². The lowest BCUT2D eigenvalue weighted by Gasteiger charge is -2.38. The predicted octanol–water partition coefficient (Wildman–Crippen LogP) is 4.19. The molecule has 1 spiro atoms. The first-order valence-corrected chi connectivity index (χ1v) is 15.3. The summed E-state index contributed by atoms with van der Waals surface area (Å²) in [6.45, 7) is 15.3. The molecule has 4 heterocycles. The van der Waals surface area contributed by atoms with Crippen LogP contribution in [0.4, 0.5) is 11.5 Å². The van der Waals surface area contributed by atoms with Gasteiger partial charge in [0.1, 0.15) is 5.82 Å². The van der Waals surface area contributed by atoms with E-state index in [1.54, 1.807) is 0 Å². The van der Waals surface area contributed by atoms with E-state index in [1.807, 2.05) is 0 Å². The zero-order chi connectivity index (χ0) is 26.7. The Bertz CT molecular complexity index is 1090. The Morgan fingerprint density at radius 3 is 2.41 bits per heavy atom. The number of fused-ring (bicyclic) bond motifs is 1. The van der Waals surface area contributed by atoms with E-state index in [-0.39, 0.29) is 5.60 Å². The fourth-order valence-electron chi connectivity index (χ4n) is 6.68. The molecule has 0 amide bonds. The van der Waals surface area contributed by atoms with Crippen LogP contribution in [0.5, 0.6) is 0 Å². The van der Waals surface area contributed by atoms with Crippen LogP contribution >= 0.6 is 0 Å². The van der Waals surface area contributed by atoms with Gasteiger partial charge in [0.15, 0.2) is 5.82 Å². The van der Waals surface area contributed by atoms with Crippen molar-refractivity contribution in [2.75, 3.05) is 75.8 Å². The van der Waals surface area contributed by atoms with Gasteiger partial charge in [-0.1, -0.05) is 12.8 Å². The molecule has 8 heteroatoms. The van der Waals surface area contributed by atoms with Gasteiger partial charge in [-0.15, -0.1) is 0 Å². The van der Waals surface area contributed by atoms with E-state index in [0.29, 0.717) is 12.6 Å². The van der Waals surface area contributed by atoms with Crippen LogP contribution in [0.15, 0.2) is 24.3 Å². The molecule has 39 heavy (non-hydrogen) atoms. The highest BCUT2D eigenvalue weighted by atomic mass is 16.5. The topological polar surface area (TPSA) is 66.0 Å². The van der Waals surface area contributed by atoms with Crippen LogP contribution in [-0.2, 0) is 22.5 Å². The van der Waals surface area contributed by atoms with Gasteiger partial charge in [0.25, 0.3) is 0 Å². The zero-order valence-corrected chi connectivity index (χ0v) is 24.0. The molecule has 3 fully saturated rings. The first kappa shape index (κ1) is 26.9. The fourth-order valence-corrected chi connectivity index (χ4v) is 6.68. The minimum Gasteiger partial charge on any atom is -0.379 e. The highest BCUT2D eigenvalue weighted by molar-refractivity contribution is 5.63. The van der Waals surface area contributed by atoms with Gasteiger partial charge in [-0.3, -0.25) is 9.80 Å². The molecule has 1 saturated carbocycles. The van der Waals surface area contributed by atoms with Gasteiger partial charge < -0.3 is 19.7 Å². The van der Waals surface area contributed by atoms with Gasteiger partial charge in [-0.05, 0) is 63.9 Å². The maximum absolute atomic E-state index is 6.49. The van der Waals surface area contributed by atoms with E-state index in [0.717, 1.165) is 114 Å². The third-order valence-corrected chi connectivity index (χ3v) is 9.20. The number of nitrogens with one attached hydrogen (secondary N) is 1. The maximum Gasteiger partial charge on any atom is 0.161 e. The molecular formula is C31H46N6O2. The van der Waals surface area contributed by atoms with Crippen LogP contribution in [0.3, 0.4) is 0 Å². The van der Waals surface area contributed by atoms with E-state index in [1.165, 1.54) is 24.2 Å². The maximum atomic E-state index is 6.49. The first-order valence-electron chi connectivity index (χ1n) is 15.3. The lowest BCUT2D eigenvalue weighted by Crippen LogP contribution is -2.48. The van der Waals surface area contributed by atoms with Crippen LogP contribution in [0.2, 0.25) is 0 Å². The molecule has 2 aromatic rings. The molecule has 0 atom stereocenters. The summed E-state index contributed by atoms with van der Waals surface area (Å²) in [5.74, 6) is 1.79. The number of hydrogen-bond donors (Lipinski definition) is 1. The molecule has 1 N–H and O–H groups in total. The van der Waals surface area contributed by atoms with Crippen molar-refractivity contribution >= 4 is 11.5 Å². The molecule has 2 saturated heterocycles. The second-order valence-electron chi connectivity index (χ2n) is 12.1. The van der Waals surface area contributed by atoms with Gasteiger partial charge in [0.05, 0.1) is 31.1 Å². The van der Waals surface area contributed by atoms with Crippen molar-refractivity contribution < 1.29 is 9.47 Å². The smallest absolute Gasteiger partial charge is 0.161 e. The number of aromatic nitrogens is 2. The summed E-state index contributed by atoms with van der Waals surface area (Å²) in [6.07, 6.45) is 6.79. The predicted molar refractivity (Wildman–Crippen MR) is 156 cm³/mol. The van der Waals surface area contributed by atoms with Gasteiger partial charge in [0, 0.05) is 75.1 Å². The summed E-state index contributed by atoms with van der Waals surface area (Å²) >= 11 is 0. The van der Waals surface area contributed by atoms with Crippen LogP contribution in [0.1, 0.15) is 57.2 Å². The van der Waals surface area contributed by atoms with Crippen molar-refractivity contribution in [3.05, 3.63) is 35.5 Å². The fraction of sp³-hybridized carbons (Fsp3) is 0.677. The van der Waals surface area contributed by atoms with Crippen molar-refractivity contribution in [3.8, 4) is 11.4 Å². The molecule has 1 aromatic carbocycles. The lowest BCUT2D eigenvalue weighted by atomic mass is 9.90. The number of anilines is 2. The number of ether oxygens (including phenoxy) is 2. The first-order chi connectivity index (χ1) is 19.1. The van der Waals surface area contributed by atoms with E-state index < -0.39 is 0 Å². The molecule has 6 rings (SSSR count). The van der Waals surface area contributed by atoms with E-state index in [2.05, 4.69) is 58.1 Å². The molecule has 0 bridgehead atoms. The molecule has 1 aromatic heterocycles. The number of benzene rings is 1. The molecule has 4 aliphatic rings. The van der Waals surface area contributed by atoms with Crippen LogP contribution in [-0.4, -0.2) is 97.0 Å². The average molecular weight is 535 g/mol. The Labute approximate surface area is 234 Å². The summed E-state index contributed by atoms with van der Waals surface area (Å²) in [7, 11) is 0. The monoisotopic (exact) mass is 534 g/mol. The van der Waals surface area contributed by atoms with Gasteiger partial charge in [0.2, 0.25) is 0 Å². The number of nitrogens with zero attached hydrogens (tertiary/aromatic N) is 5.